The SMILES string of the molecule is CCC(=O)Nc1cccc(NCC(=O)NCc2ccccc2Cl)c1. The van der Waals surface area contributed by atoms with Crippen molar-refractivity contribution in [3.8, 4) is 0 Å². The number of halogens is 1. The summed E-state index contributed by atoms with van der Waals surface area (Å²) in [5.74, 6) is -0.192. The Bertz CT molecular complexity index is 719. The fourth-order valence-electron chi connectivity index (χ4n) is 2.04. The van der Waals surface area contributed by atoms with Crippen LogP contribution in [0.1, 0.15) is 18.9 Å². The summed E-state index contributed by atoms with van der Waals surface area (Å²) in [7, 11) is 0. The Morgan fingerprint density at radius 2 is 1.75 bits per heavy atom. The summed E-state index contributed by atoms with van der Waals surface area (Å²) < 4.78 is 0. The summed E-state index contributed by atoms with van der Waals surface area (Å²) in [6, 6.07) is 14.6. The smallest absolute Gasteiger partial charge is 0.239 e. The summed E-state index contributed by atoms with van der Waals surface area (Å²) in [6.07, 6.45) is 0.419. The summed E-state index contributed by atoms with van der Waals surface area (Å²) in [5, 5.41) is 9.25. The largest absolute Gasteiger partial charge is 0.376 e. The van der Waals surface area contributed by atoms with Crippen molar-refractivity contribution < 1.29 is 9.59 Å². The molecule has 3 N–H and O–H groups in total. The maximum atomic E-state index is 11.9. The van der Waals surface area contributed by atoms with Gasteiger partial charge < -0.3 is 16.0 Å². The second kappa shape index (κ2) is 8.93. The Hall–Kier alpha value is -2.53. The van der Waals surface area contributed by atoms with E-state index < -0.39 is 0 Å². The van der Waals surface area contributed by atoms with Crippen molar-refractivity contribution >= 4 is 34.8 Å². The van der Waals surface area contributed by atoms with Crippen molar-refractivity contribution in [3.05, 3.63) is 59.1 Å². The molecule has 0 unspecified atom stereocenters. The molecular weight excluding hydrogens is 326 g/mol. The second-order valence-corrected chi connectivity index (χ2v) is 5.61. The summed E-state index contributed by atoms with van der Waals surface area (Å²) in [5.41, 5.74) is 2.33. The van der Waals surface area contributed by atoms with Gasteiger partial charge in [-0.1, -0.05) is 42.8 Å². The molecule has 0 bridgehead atoms. The van der Waals surface area contributed by atoms with Crippen LogP contribution in [0.3, 0.4) is 0 Å². The summed E-state index contributed by atoms with van der Waals surface area (Å²) in [4.78, 5) is 23.3. The monoisotopic (exact) mass is 345 g/mol. The lowest BCUT2D eigenvalue weighted by Gasteiger charge is -2.10. The molecule has 2 aromatic rings. The molecule has 0 fully saturated rings. The van der Waals surface area contributed by atoms with E-state index in [9.17, 15) is 9.59 Å². The lowest BCUT2D eigenvalue weighted by molar-refractivity contribution is -0.119. The van der Waals surface area contributed by atoms with E-state index >= 15 is 0 Å². The van der Waals surface area contributed by atoms with E-state index in [0.717, 1.165) is 11.3 Å². The van der Waals surface area contributed by atoms with Gasteiger partial charge in [-0.2, -0.15) is 0 Å². The maximum Gasteiger partial charge on any atom is 0.239 e. The normalized spacial score (nSPS) is 10.1. The van der Waals surface area contributed by atoms with E-state index in [1.807, 2.05) is 30.3 Å². The topological polar surface area (TPSA) is 70.2 Å². The lowest BCUT2D eigenvalue weighted by atomic mass is 10.2. The third kappa shape index (κ3) is 5.59. The lowest BCUT2D eigenvalue weighted by Crippen LogP contribution is -2.29. The van der Waals surface area contributed by atoms with Crippen LogP contribution in [-0.2, 0) is 16.1 Å². The van der Waals surface area contributed by atoms with Crippen molar-refractivity contribution in [3.63, 3.8) is 0 Å². The minimum absolute atomic E-state index is 0.0513. The molecule has 0 aliphatic heterocycles. The molecule has 0 spiro atoms. The van der Waals surface area contributed by atoms with Crippen LogP contribution in [0.25, 0.3) is 0 Å². The quantitative estimate of drug-likeness (QED) is 0.720. The molecule has 0 radical (unpaired) electrons. The van der Waals surface area contributed by atoms with Crippen LogP contribution in [-0.4, -0.2) is 18.4 Å². The maximum absolute atomic E-state index is 11.9. The zero-order valence-electron chi connectivity index (χ0n) is 13.4. The van der Waals surface area contributed by atoms with Gasteiger partial charge >= 0.3 is 0 Å². The van der Waals surface area contributed by atoms with E-state index in [0.29, 0.717) is 23.7 Å². The Morgan fingerprint density at radius 1 is 1.00 bits per heavy atom. The molecule has 2 aromatic carbocycles. The molecule has 0 saturated carbocycles. The number of hydrogen-bond donors (Lipinski definition) is 3. The minimum Gasteiger partial charge on any atom is -0.376 e. The number of benzene rings is 2. The van der Waals surface area contributed by atoms with Crippen molar-refractivity contribution in [2.45, 2.75) is 19.9 Å². The second-order valence-electron chi connectivity index (χ2n) is 5.20. The van der Waals surface area contributed by atoms with E-state index in [4.69, 9.17) is 11.6 Å². The van der Waals surface area contributed by atoms with Gasteiger partial charge in [-0.15, -0.1) is 0 Å². The van der Waals surface area contributed by atoms with Crippen molar-refractivity contribution in [1.82, 2.24) is 5.32 Å². The van der Waals surface area contributed by atoms with Gasteiger partial charge in [0.25, 0.3) is 0 Å². The van der Waals surface area contributed by atoms with Gasteiger partial charge in [-0.25, -0.2) is 0 Å². The van der Waals surface area contributed by atoms with E-state index in [1.54, 1.807) is 25.1 Å². The standard InChI is InChI=1S/C18H20ClN3O2/c1-2-17(23)22-15-8-5-7-14(10-15)20-12-18(24)21-11-13-6-3-4-9-16(13)19/h3-10,20H,2,11-12H2,1H3,(H,21,24)(H,22,23). The molecule has 2 amide bonds. The molecule has 0 saturated heterocycles. The Morgan fingerprint density at radius 3 is 2.50 bits per heavy atom. The van der Waals surface area contributed by atoms with Gasteiger partial charge in [0.05, 0.1) is 6.54 Å². The van der Waals surface area contributed by atoms with Crippen LogP contribution in [0.2, 0.25) is 5.02 Å². The number of hydrogen-bond acceptors (Lipinski definition) is 3. The van der Waals surface area contributed by atoms with Gasteiger partial charge in [0, 0.05) is 29.4 Å². The molecule has 0 aliphatic rings. The van der Waals surface area contributed by atoms with Gasteiger partial charge in [-0.05, 0) is 29.8 Å². The van der Waals surface area contributed by atoms with Crippen LogP contribution in [0.5, 0.6) is 0 Å². The highest BCUT2D eigenvalue weighted by molar-refractivity contribution is 6.31. The highest BCUT2D eigenvalue weighted by Crippen LogP contribution is 2.16. The van der Waals surface area contributed by atoms with Crippen LogP contribution in [0.4, 0.5) is 11.4 Å². The van der Waals surface area contributed by atoms with Gasteiger partial charge in [0.1, 0.15) is 0 Å². The van der Waals surface area contributed by atoms with Crippen molar-refractivity contribution in [1.29, 1.82) is 0 Å². The third-order valence-electron chi connectivity index (χ3n) is 3.35. The molecule has 126 valence electrons. The van der Waals surface area contributed by atoms with E-state index in [2.05, 4.69) is 16.0 Å². The highest BCUT2D eigenvalue weighted by atomic mass is 35.5. The molecular formula is C18H20ClN3O2. The first-order valence-electron chi connectivity index (χ1n) is 7.72. The first-order chi connectivity index (χ1) is 11.6. The predicted octanol–water partition coefficient (Wildman–Crippen LogP) is 3.42. The number of nitrogens with one attached hydrogen (secondary N) is 3. The zero-order chi connectivity index (χ0) is 17.4. The average Bonchev–Trinajstić information content (AvgIpc) is 2.59. The third-order valence-corrected chi connectivity index (χ3v) is 3.72. The van der Waals surface area contributed by atoms with Gasteiger partial charge in [0.2, 0.25) is 11.8 Å². The Balaban J connectivity index is 1.82. The average molecular weight is 346 g/mol. The zero-order valence-corrected chi connectivity index (χ0v) is 14.2. The minimum atomic E-state index is -0.141. The summed E-state index contributed by atoms with van der Waals surface area (Å²) >= 11 is 6.05. The predicted molar refractivity (Wildman–Crippen MR) is 97.2 cm³/mol. The van der Waals surface area contributed by atoms with E-state index in [-0.39, 0.29) is 18.4 Å². The highest BCUT2D eigenvalue weighted by Gasteiger charge is 2.05. The number of anilines is 2. The van der Waals surface area contributed by atoms with Crippen LogP contribution >= 0.6 is 11.6 Å². The molecule has 0 aromatic heterocycles. The first-order valence-corrected chi connectivity index (χ1v) is 8.10. The fraction of sp³-hybridized carbons (Fsp3) is 0.222. The van der Waals surface area contributed by atoms with Gasteiger partial charge in [-0.3, -0.25) is 9.59 Å². The fourth-order valence-corrected chi connectivity index (χ4v) is 2.24. The van der Waals surface area contributed by atoms with Gasteiger partial charge in [0.15, 0.2) is 0 Å². The Kier molecular flexibility index (Phi) is 6.63. The number of carbonyl (C=O) groups is 2. The molecule has 2 rings (SSSR count). The Labute approximate surface area is 146 Å². The van der Waals surface area contributed by atoms with E-state index in [1.165, 1.54) is 0 Å². The van der Waals surface area contributed by atoms with Crippen molar-refractivity contribution in [2.24, 2.45) is 0 Å². The molecule has 0 atom stereocenters. The molecule has 6 heteroatoms. The number of rotatable bonds is 7. The van der Waals surface area contributed by atoms with Crippen molar-refractivity contribution in [2.75, 3.05) is 17.2 Å². The number of carbonyl (C=O) groups excluding carboxylic acids is 2. The van der Waals surface area contributed by atoms with Crippen LogP contribution in [0.15, 0.2) is 48.5 Å². The first kappa shape index (κ1) is 17.8. The molecule has 0 heterocycles. The molecule has 5 nitrogen and oxygen atoms in total. The van der Waals surface area contributed by atoms with Crippen LogP contribution < -0.4 is 16.0 Å². The van der Waals surface area contributed by atoms with Crippen LogP contribution in [0, 0.1) is 0 Å². The number of amides is 2. The molecule has 24 heavy (non-hydrogen) atoms. The molecule has 0 aliphatic carbocycles. The summed E-state index contributed by atoms with van der Waals surface area (Å²) in [6.45, 7) is 2.31.